The number of Topliss-reactive ketones (excluding diaryl/α,β-unsaturated/α-hetero) is 1. The van der Waals surface area contributed by atoms with Crippen molar-refractivity contribution < 1.29 is 67.2 Å². The molecule has 0 radical (unpaired) electrons. The van der Waals surface area contributed by atoms with E-state index >= 15 is 0 Å². The predicted molar refractivity (Wildman–Crippen MR) is 92.3 cm³/mol. The number of benzene rings is 1. The van der Waals surface area contributed by atoms with Crippen molar-refractivity contribution in [2.45, 2.75) is 36.0 Å². The third-order valence-electron chi connectivity index (χ3n) is 3.88. The van der Waals surface area contributed by atoms with Crippen LogP contribution in [0.5, 0.6) is 0 Å². The minimum Gasteiger partial charge on any atom is -0.411 e. The van der Waals surface area contributed by atoms with E-state index in [1.165, 1.54) is 18.2 Å². The number of hydrogen-bond donors (Lipinski definition) is 1. The van der Waals surface area contributed by atoms with Gasteiger partial charge in [-0.2, -0.15) is 43.5 Å². The third-order valence-corrected chi connectivity index (χ3v) is 4.82. The van der Waals surface area contributed by atoms with E-state index in [4.69, 9.17) is 4.55 Å². The van der Waals surface area contributed by atoms with Gasteiger partial charge in [-0.05, 0) is 5.56 Å². The van der Waals surface area contributed by atoms with E-state index in [1.807, 2.05) is 0 Å². The second kappa shape index (κ2) is 9.72. The van der Waals surface area contributed by atoms with Gasteiger partial charge in [0.15, 0.2) is 0 Å². The molecule has 1 aromatic rings. The first-order chi connectivity index (χ1) is 14.8. The molecule has 1 unspecified atom stereocenters. The van der Waals surface area contributed by atoms with Crippen molar-refractivity contribution in [1.82, 2.24) is 0 Å². The molecule has 1 rings (SSSR count). The van der Waals surface area contributed by atoms with E-state index < -0.39 is 70.3 Å². The molecule has 0 spiro atoms. The monoisotopic (exact) mass is 514 g/mol. The van der Waals surface area contributed by atoms with Crippen molar-refractivity contribution in [2.24, 2.45) is 0 Å². The van der Waals surface area contributed by atoms with Crippen LogP contribution in [0.2, 0.25) is 0 Å². The highest BCUT2D eigenvalue weighted by Gasteiger charge is 2.68. The minimum absolute atomic E-state index is 0.127. The molecule has 0 aliphatic heterocycles. The van der Waals surface area contributed by atoms with Crippen LogP contribution >= 0.6 is 0 Å². The van der Waals surface area contributed by atoms with Gasteiger partial charge >= 0.3 is 39.2 Å². The average Bonchev–Trinajstić information content (AvgIpc) is 2.65. The Kier molecular flexibility index (Phi) is 8.38. The van der Waals surface area contributed by atoms with Crippen LogP contribution in [0.25, 0.3) is 0 Å². The Morgan fingerprint density at radius 3 is 1.94 bits per heavy atom. The van der Waals surface area contributed by atoms with E-state index in [9.17, 15) is 53.1 Å². The Labute approximate surface area is 180 Å². The molecule has 186 valence electrons. The van der Waals surface area contributed by atoms with Crippen molar-refractivity contribution in [3.8, 4) is 0 Å². The molecule has 1 aromatic carbocycles. The fraction of sp³-hybridized carbons (Fsp3) is 0.412. The maximum atomic E-state index is 13.7. The summed E-state index contributed by atoms with van der Waals surface area (Å²) in [5.41, 5.74) is -0.127. The van der Waals surface area contributed by atoms with Crippen LogP contribution in [-0.4, -0.2) is 54.5 Å². The molecule has 0 amide bonds. The Bertz CT molecular complexity index is 992. The summed E-state index contributed by atoms with van der Waals surface area (Å²) < 4.78 is 145. The van der Waals surface area contributed by atoms with Crippen LogP contribution in [0.4, 0.5) is 35.1 Å². The smallest absolute Gasteiger partial charge is 0.411 e. The molecule has 33 heavy (non-hydrogen) atoms. The zero-order valence-electron chi connectivity index (χ0n) is 16.0. The second-order valence-corrected chi connectivity index (χ2v) is 7.75. The fourth-order valence-electron chi connectivity index (χ4n) is 2.21. The summed E-state index contributed by atoms with van der Waals surface area (Å²) >= 11 is 0. The molecule has 0 saturated carbocycles. The average molecular weight is 514 g/mol. The summed E-state index contributed by atoms with van der Waals surface area (Å²) in [5.74, 6) is -17.3. The van der Waals surface area contributed by atoms with Gasteiger partial charge in [-0.25, -0.2) is 4.79 Å². The number of hydrogen-bond acceptors (Lipinski definition) is 6. The van der Waals surface area contributed by atoms with Crippen molar-refractivity contribution >= 4 is 21.9 Å². The topological polar surface area (TPSA) is 107 Å². The van der Waals surface area contributed by atoms with Crippen molar-refractivity contribution in [3.63, 3.8) is 0 Å². The lowest BCUT2D eigenvalue weighted by Gasteiger charge is -2.33. The first kappa shape index (κ1) is 28.4. The lowest BCUT2D eigenvalue weighted by molar-refractivity contribution is -0.349. The van der Waals surface area contributed by atoms with E-state index in [1.54, 1.807) is 0 Å². The summed E-state index contributed by atoms with van der Waals surface area (Å²) in [6.45, 7) is 0.192. The molecule has 0 aliphatic rings. The number of ether oxygens (including phenoxy) is 2. The zero-order chi connectivity index (χ0) is 25.9. The zero-order valence-corrected chi connectivity index (χ0v) is 16.9. The molecular formula is C17H14F8O7S. The quantitative estimate of drug-likeness (QED) is 0.158. The fourth-order valence-corrected chi connectivity index (χ4v) is 2.68. The van der Waals surface area contributed by atoms with Crippen molar-refractivity contribution in [3.05, 3.63) is 48.3 Å². The third kappa shape index (κ3) is 6.26. The normalized spacial score (nSPS) is 14.9. The molecule has 0 aliphatic carbocycles. The Morgan fingerprint density at radius 1 is 1.00 bits per heavy atom. The van der Waals surface area contributed by atoms with Gasteiger partial charge in [-0.3, -0.25) is 9.35 Å². The van der Waals surface area contributed by atoms with Gasteiger partial charge in [0, 0.05) is 12.8 Å². The SMILES string of the molecule is C=C(F)C(=O)OC(OCCC(F)(F)C(F)(F)S(=O)(=O)O)(C(=O)Cc1ccccc1)C(F)(F)F. The molecular weight excluding hydrogens is 500 g/mol. The molecule has 7 nitrogen and oxygen atoms in total. The standard InChI is InChI=1S/C17H14F8O7S/c1-10(18)13(27)32-15(16(21,22)23,12(26)9-11-5-3-2-4-6-11)31-8-7-14(19,20)17(24,25)33(28,29)30/h2-6H,1,7-9H2,(H,28,29,30). The number of halogens is 8. The lowest BCUT2D eigenvalue weighted by Crippen LogP contribution is -2.58. The highest BCUT2D eigenvalue weighted by Crippen LogP contribution is 2.42. The van der Waals surface area contributed by atoms with Crippen molar-refractivity contribution in [1.29, 1.82) is 0 Å². The molecule has 1 atom stereocenters. The summed E-state index contributed by atoms with van der Waals surface area (Å²) in [6, 6.07) is 6.25. The van der Waals surface area contributed by atoms with E-state index in [0.717, 1.165) is 12.1 Å². The Hall–Kier alpha value is -2.59. The largest absolute Gasteiger partial charge is 0.464 e. The highest BCUT2D eigenvalue weighted by molar-refractivity contribution is 7.87. The van der Waals surface area contributed by atoms with Crippen LogP contribution in [0.3, 0.4) is 0 Å². The van der Waals surface area contributed by atoms with E-state index in [2.05, 4.69) is 16.1 Å². The number of carbonyl (C=O) groups excluding carboxylic acids is 2. The number of alkyl halides is 7. The van der Waals surface area contributed by atoms with Gasteiger partial charge < -0.3 is 9.47 Å². The van der Waals surface area contributed by atoms with Crippen LogP contribution in [0.1, 0.15) is 12.0 Å². The lowest BCUT2D eigenvalue weighted by atomic mass is 10.0. The van der Waals surface area contributed by atoms with Crippen molar-refractivity contribution in [2.75, 3.05) is 6.61 Å². The molecule has 0 bridgehead atoms. The Balaban J connectivity index is 3.35. The van der Waals surface area contributed by atoms with Gasteiger partial charge in [-0.15, -0.1) is 0 Å². The maximum Gasteiger partial charge on any atom is 0.464 e. The molecule has 0 aromatic heterocycles. The molecule has 0 heterocycles. The predicted octanol–water partition coefficient (Wildman–Crippen LogP) is 3.61. The van der Waals surface area contributed by atoms with Gasteiger partial charge in [0.05, 0.1) is 6.61 Å². The van der Waals surface area contributed by atoms with Crippen LogP contribution in [0, 0.1) is 0 Å². The summed E-state index contributed by atoms with van der Waals surface area (Å²) in [5, 5.41) is -6.15. The van der Waals surface area contributed by atoms with Crippen LogP contribution in [0.15, 0.2) is 42.7 Å². The van der Waals surface area contributed by atoms with Crippen LogP contribution in [-0.2, 0) is 35.6 Å². The number of carbonyl (C=O) groups is 2. The first-order valence-electron chi connectivity index (χ1n) is 8.37. The highest BCUT2D eigenvalue weighted by atomic mass is 32.2. The summed E-state index contributed by atoms with van der Waals surface area (Å²) in [4.78, 5) is 23.8. The van der Waals surface area contributed by atoms with E-state index in [-0.39, 0.29) is 5.56 Å². The number of esters is 1. The van der Waals surface area contributed by atoms with Gasteiger partial charge in [-0.1, -0.05) is 36.9 Å². The van der Waals surface area contributed by atoms with Gasteiger partial charge in [0.1, 0.15) is 0 Å². The second-order valence-electron chi connectivity index (χ2n) is 6.29. The summed E-state index contributed by atoms with van der Waals surface area (Å²) in [6.07, 6.45) is -9.76. The molecule has 0 saturated heterocycles. The van der Waals surface area contributed by atoms with Gasteiger partial charge in [0.2, 0.25) is 11.6 Å². The number of ketones is 1. The minimum atomic E-state index is -6.72. The van der Waals surface area contributed by atoms with E-state index in [0.29, 0.717) is 0 Å². The number of rotatable bonds is 11. The van der Waals surface area contributed by atoms with Crippen LogP contribution < -0.4 is 0 Å². The Morgan fingerprint density at radius 2 is 1.52 bits per heavy atom. The molecule has 16 heteroatoms. The molecule has 1 N–H and O–H groups in total. The molecule has 0 fully saturated rings. The maximum absolute atomic E-state index is 13.7. The van der Waals surface area contributed by atoms with Gasteiger partial charge in [0.25, 0.3) is 0 Å². The summed E-state index contributed by atoms with van der Waals surface area (Å²) in [7, 11) is -6.72. The first-order valence-corrected chi connectivity index (χ1v) is 9.81.